The van der Waals surface area contributed by atoms with Gasteiger partial charge in [0.05, 0.1) is 11.9 Å². The van der Waals surface area contributed by atoms with Crippen molar-refractivity contribution >= 4 is 11.2 Å². The summed E-state index contributed by atoms with van der Waals surface area (Å²) in [5.41, 5.74) is 3.31. The number of benzene rings is 2. The number of hydrogen-bond donors (Lipinski definition) is 0. The first-order valence-electron chi connectivity index (χ1n) is 8.15. The lowest BCUT2D eigenvalue weighted by Crippen LogP contribution is -2.37. The Labute approximate surface area is 149 Å². The van der Waals surface area contributed by atoms with Crippen molar-refractivity contribution in [1.82, 2.24) is 19.1 Å². The van der Waals surface area contributed by atoms with Gasteiger partial charge in [-0.1, -0.05) is 54.6 Å². The van der Waals surface area contributed by atoms with E-state index in [4.69, 9.17) is 0 Å². The monoisotopic (exact) mass is 344 g/mol. The molecule has 0 unspecified atom stereocenters. The topological polar surface area (TPSA) is 69.8 Å². The van der Waals surface area contributed by atoms with Crippen molar-refractivity contribution in [3.63, 3.8) is 0 Å². The lowest BCUT2D eigenvalue weighted by atomic mass is 10.0. The van der Waals surface area contributed by atoms with Gasteiger partial charge in [-0.2, -0.15) is 0 Å². The van der Waals surface area contributed by atoms with Gasteiger partial charge in [0.25, 0.3) is 5.56 Å². The summed E-state index contributed by atoms with van der Waals surface area (Å²) in [4.78, 5) is 33.1. The third kappa shape index (κ3) is 2.52. The molecule has 0 aliphatic heterocycles. The van der Waals surface area contributed by atoms with Crippen LogP contribution in [0.25, 0.3) is 33.5 Å². The van der Waals surface area contributed by atoms with E-state index in [1.54, 1.807) is 13.2 Å². The minimum Gasteiger partial charge on any atom is -0.279 e. The maximum Gasteiger partial charge on any atom is 0.332 e. The van der Waals surface area contributed by atoms with Crippen LogP contribution in [-0.2, 0) is 14.1 Å². The van der Waals surface area contributed by atoms with Crippen molar-refractivity contribution in [2.75, 3.05) is 0 Å². The van der Waals surface area contributed by atoms with Crippen molar-refractivity contribution in [3.8, 4) is 22.4 Å². The Morgan fingerprint density at radius 1 is 0.769 bits per heavy atom. The van der Waals surface area contributed by atoms with E-state index in [1.807, 2.05) is 42.5 Å². The summed E-state index contributed by atoms with van der Waals surface area (Å²) in [6, 6.07) is 18.0. The maximum atomic E-state index is 12.2. The average Bonchev–Trinajstić information content (AvgIpc) is 2.71. The van der Waals surface area contributed by atoms with Gasteiger partial charge in [-0.3, -0.25) is 13.9 Å². The molecule has 0 aliphatic rings. The first-order valence-corrected chi connectivity index (χ1v) is 8.15. The molecule has 2 aromatic carbocycles. The molecule has 128 valence electrons. The quantitative estimate of drug-likeness (QED) is 0.560. The first kappa shape index (κ1) is 16.0. The molecule has 0 saturated carbocycles. The second-order valence-electron chi connectivity index (χ2n) is 6.08. The standard InChI is InChI=1S/C20H16N4O2/c1-23-18-17(19(25)24(2)20(23)26)21-12-16(22-18)15-10-8-14(9-11-15)13-6-4-3-5-7-13/h3-12H,1-2H3. The minimum atomic E-state index is -0.443. The van der Waals surface area contributed by atoms with Crippen molar-refractivity contribution in [2.24, 2.45) is 14.1 Å². The minimum absolute atomic E-state index is 0.180. The second kappa shape index (κ2) is 6.07. The van der Waals surface area contributed by atoms with Gasteiger partial charge in [0.1, 0.15) is 0 Å². The zero-order chi connectivity index (χ0) is 18.3. The van der Waals surface area contributed by atoms with E-state index in [2.05, 4.69) is 22.1 Å². The molecule has 0 amide bonds. The Balaban J connectivity index is 1.82. The summed E-state index contributed by atoms with van der Waals surface area (Å²) in [6.07, 6.45) is 1.56. The molecule has 0 radical (unpaired) electrons. The van der Waals surface area contributed by atoms with Gasteiger partial charge >= 0.3 is 5.69 Å². The fourth-order valence-electron chi connectivity index (χ4n) is 2.93. The van der Waals surface area contributed by atoms with Crippen molar-refractivity contribution in [2.45, 2.75) is 0 Å². The van der Waals surface area contributed by atoms with Gasteiger partial charge in [-0.15, -0.1) is 0 Å². The van der Waals surface area contributed by atoms with Crippen LogP contribution in [0.1, 0.15) is 0 Å². The fourth-order valence-corrected chi connectivity index (χ4v) is 2.93. The Kier molecular flexibility index (Phi) is 3.73. The zero-order valence-electron chi connectivity index (χ0n) is 14.4. The SMILES string of the molecule is Cn1c(=O)c2ncc(-c3ccc(-c4ccccc4)cc3)nc2n(C)c1=O. The molecule has 4 aromatic rings. The number of fused-ring (bicyclic) bond motifs is 1. The van der Waals surface area contributed by atoms with Crippen LogP contribution >= 0.6 is 0 Å². The van der Waals surface area contributed by atoms with Gasteiger partial charge in [-0.05, 0) is 11.1 Å². The van der Waals surface area contributed by atoms with E-state index in [0.29, 0.717) is 5.69 Å². The number of nitrogens with zero attached hydrogens (tertiary/aromatic N) is 4. The fraction of sp³-hybridized carbons (Fsp3) is 0.100. The molecule has 6 heteroatoms. The average molecular weight is 344 g/mol. The molecule has 0 aliphatic carbocycles. The Morgan fingerprint density at radius 2 is 1.38 bits per heavy atom. The molecule has 0 spiro atoms. The highest BCUT2D eigenvalue weighted by Crippen LogP contribution is 2.23. The van der Waals surface area contributed by atoms with Gasteiger partial charge < -0.3 is 0 Å². The van der Waals surface area contributed by atoms with Gasteiger partial charge in [-0.25, -0.2) is 14.8 Å². The molecule has 26 heavy (non-hydrogen) atoms. The summed E-state index contributed by atoms with van der Waals surface area (Å²) < 4.78 is 2.37. The highest BCUT2D eigenvalue weighted by atomic mass is 16.2. The number of aromatic nitrogens is 4. The Hall–Kier alpha value is -3.54. The first-order chi connectivity index (χ1) is 12.6. The molecule has 6 nitrogen and oxygen atoms in total. The van der Waals surface area contributed by atoms with Crippen molar-refractivity contribution in [3.05, 3.63) is 81.6 Å². The second-order valence-corrected chi connectivity index (χ2v) is 6.08. The molecule has 2 aromatic heterocycles. The van der Waals surface area contributed by atoms with Crippen LogP contribution in [-0.4, -0.2) is 19.1 Å². The van der Waals surface area contributed by atoms with Gasteiger partial charge in [0.2, 0.25) is 0 Å². The molecular weight excluding hydrogens is 328 g/mol. The molecule has 2 heterocycles. The van der Waals surface area contributed by atoms with Gasteiger partial charge in [0, 0.05) is 19.7 Å². The Bertz CT molecular complexity index is 1220. The predicted octanol–water partition coefficient (Wildman–Crippen LogP) is 2.36. The van der Waals surface area contributed by atoms with Crippen molar-refractivity contribution in [1.29, 1.82) is 0 Å². The van der Waals surface area contributed by atoms with Crippen LogP contribution in [0.15, 0.2) is 70.4 Å². The lowest BCUT2D eigenvalue weighted by molar-refractivity contribution is 0.704. The van der Waals surface area contributed by atoms with Gasteiger partial charge in [0.15, 0.2) is 11.2 Å². The molecule has 0 fully saturated rings. The van der Waals surface area contributed by atoms with Crippen LogP contribution in [0.4, 0.5) is 0 Å². The van der Waals surface area contributed by atoms with E-state index in [1.165, 1.54) is 11.6 Å². The summed E-state index contributed by atoms with van der Waals surface area (Å²) in [5.74, 6) is 0. The third-order valence-electron chi connectivity index (χ3n) is 4.44. The third-order valence-corrected chi connectivity index (χ3v) is 4.44. The van der Waals surface area contributed by atoms with E-state index in [0.717, 1.165) is 21.3 Å². The largest absolute Gasteiger partial charge is 0.332 e. The highest BCUT2D eigenvalue weighted by molar-refractivity contribution is 5.74. The van der Waals surface area contributed by atoms with Crippen LogP contribution in [0.3, 0.4) is 0 Å². The molecule has 0 atom stereocenters. The van der Waals surface area contributed by atoms with Crippen LogP contribution in [0.5, 0.6) is 0 Å². The van der Waals surface area contributed by atoms with Crippen LogP contribution in [0.2, 0.25) is 0 Å². The number of rotatable bonds is 2. The van der Waals surface area contributed by atoms with E-state index >= 15 is 0 Å². The molecule has 0 bridgehead atoms. The molecule has 4 rings (SSSR count). The zero-order valence-corrected chi connectivity index (χ0v) is 14.4. The normalized spacial score (nSPS) is 11.0. The molecule has 0 saturated heterocycles. The van der Waals surface area contributed by atoms with Crippen LogP contribution in [0, 0.1) is 0 Å². The summed E-state index contributed by atoms with van der Waals surface area (Å²) in [5, 5.41) is 0. The molecular formula is C20H16N4O2. The van der Waals surface area contributed by atoms with Crippen LogP contribution < -0.4 is 11.2 Å². The highest BCUT2D eigenvalue weighted by Gasteiger charge is 2.12. The molecule has 0 N–H and O–H groups in total. The number of aryl methyl sites for hydroxylation is 1. The Morgan fingerprint density at radius 3 is 2.08 bits per heavy atom. The van der Waals surface area contributed by atoms with E-state index in [9.17, 15) is 9.59 Å². The summed E-state index contributed by atoms with van der Waals surface area (Å²) in [7, 11) is 3.02. The lowest BCUT2D eigenvalue weighted by Gasteiger charge is -2.08. The maximum absolute atomic E-state index is 12.2. The van der Waals surface area contributed by atoms with Crippen molar-refractivity contribution < 1.29 is 0 Å². The smallest absolute Gasteiger partial charge is 0.279 e. The number of hydrogen-bond acceptors (Lipinski definition) is 4. The van der Waals surface area contributed by atoms with E-state index in [-0.39, 0.29) is 11.2 Å². The predicted molar refractivity (Wildman–Crippen MR) is 101 cm³/mol. The summed E-state index contributed by atoms with van der Waals surface area (Å²) in [6.45, 7) is 0. The summed E-state index contributed by atoms with van der Waals surface area (Å²) >= 11 is 0. The van der Waals surface area contributed by atoms with E-state index < -0.39 is 11.2 Å².